The maximum absolute atomic E-state index is 13.3. The quantitative estimate of drug-likeness (QED) is 0.767. The number of fused-ring (bicyclic) bond motifs is 1. The molecule has 6 heteroatoms. The van der Waals surface area contributed by atoms with Crippen molar-refractivity contribution >= 4 is 22.8 Å². The number of nitrogens with one attached hydrogen (secondary N) is 1. The number of para-hydroxylation sites is 1. The molecular formula is C22H31N3O3. The Labute approximate surface area is 166 Å². The van der Waals surface area contributed by atoms with Gasteiger partial charge >= 0.3 is 0 Å². The molecule has 1 saturated heterocycles. The summed E-state index contributed by atoms with van der Waals surface area (Å²) in [7, 11) is 0. The van der Waals surface area contributed by atoms with E-state index in [1.54, 1.807) is 6.26 Å². The fraction of sp³-hybridized carbons (Fsp3) is 0.545. The van der Waals surface area contributed by atoms with E-state index in [-0.39, 0.29) is 23.8 Å². The number of nitrogens with zero attached hydrogens (tertiary/aromatic N) is 1. The molecule has 2 aromatic rings. The number of hydrogen-bond donors (Lipinski definition) is 2. The fourth-order valence-corrected chi connectivity index (χ4v) is 3.92. The average Bonchev–Trinajstić information content (AvgIpc) is 3.32. The predicted molar refractivity (Wildman–Crippen MR) is 110 cm³/mol. The van der Waals surface area contributed by atoms with Crippen LogP contribution < -0.4 is 11.1 Å². The number of carbonyl (C=O) groups is 2. The summed E-state index contributed by atoms with van der Waals surface area (Å²) in [5.74, 6) is -0.274. The maximum atomic E-state index is 13.3. The molecular weight excluding hydrogens is 354 g/mol. The highest BCUT2D eigenvalue weighted by Crippen LogP contribution is 2.28. The van der Waals surface area contributed by atoms with Gasteiger partial charge in [0.1, 0.15) is 11.6 Å². The smallest absolute Gasteiger partial charge is 0.245 e. The molecule has 0 unspecified atom stereocenters. The zero-order valence-corrected chi connectivity index (χ0v) is 17.0. The van der Waals surface area contributed by atoms with E-state index < -0.39 is 12.1 Å². The molecule has 0 saturated carbocycles. The Balaban J connectivity index is 1.74. The minimum Gasteiger partial charge on any atom is -0.464 e. The van der Waals surface area contributed by atoms with Gasteiger partial charge in [-0.25, -0.2) is 0 Å². The third-order valence-electron chi connectivity index (χ3n) is 5.68. The minimum atomic E-state index is -0.583. The van der Waals surface area contributed by atoms with Crippen molar-refractivity contribution < 1.29 is 14.0 Å². The van der Waals surface area contributed by atoms with Gasteiger partial charge in [0.15, 0.2) is 0 Å². The number of amides is 2. The van der Waals surface area contributed by atoms with Crippen LogP contribution in [0.2, 0.25) is 0 Å². The molecule has 3 N–H and O–H groups in total. The largest absolute Gasteiger partial charge is 0.464 e. The highest BCUT2D eigenvalue weighted by atomic mass is 16.3. The number of hydrogen-bond acceptors (Lipinski definition) is 4. The standard InChI is InChI=1S/C22H31N3O3/c1-4-18(23)21(26)24-20(14(2)3)22(27)25-11-7-8-16(25)12-15-13-28-19-10-6-5-9-17(15)19/h5-6,9-10,13-14,16,18,20H,4,7-8,11-12,23H2,1-3H3,(H,24,26)/t16-,18-,20-/m0/s1. The Hall–Kier alpha value is -2.34. The summed E-state index contributed by atoms with van der Waals surface area (Å²) in [5.41, 5.74) is 7.83. The van der Waals surface area contributed by atoms with Crippen LogP contribution in [-0.2, 0) is 16.0 Å². The van der Waals surface area contributed by atoms with Gasteiger partial charge in [0.25, 0.3) is 0 Å². The van der Waals surface area contributed by atoms with E-state index in [1.165, 1.54) is 0 Å². The molecule has 3 rings (SSSR count). The second-order valence-electron chi connectivity index (χ2n) is 8.03. The van der Waals surface area contributed by atoms with Crippen LogP contribution in [-0.4, -0.2) is 41.4 Å². The van der Waals surface area contributed by atoms with Crippen LogP contribution >= 0.6 is 0 Å². The summed E-state index contributed by atoms with van der Waals surface area (Å²) in [6.45, 7) is 6.49. The molecule has 0 bridgehead atoms. The summed E-state index contributed by atoms with van der Waals surface area (Å²) >= 11 is 0. The number of carbonyl (C=O) groups excluding carboxylic acids is 2. The van der Waals surface area contributed by atoms with Crippen LogP contribution in [0.25, 0.3) is 11.0 Å². The van der Waals surface area contributed by atoms with Gasteiger partial charge in [0, 0.05) is 23.5 Å². The van der Waals surface area contributed by atoms with E-state index in [2.05, 4.69) is 11.4 Å². The van der Waals surface area contributed by atoms with Crippen LogP contribution in [0.5, 0.6) is 0 Å². The van der Waals surface area contributed by atoms with Crippen molar-refractivity contribution in [3.05, 3.63) is 36.1 Å². The normalized spacial score (nSPS) is 19.2. The lowest BCUT2D eigenvalue weighted by Crippen LogP contribution is -2.55. The highest BCUT2D eigenvalue weighted by molar-refractivity contribution is 5.90. The van der Waals surface area contributed by atoms with Gasteiger partial charge in [-0.15, -0.1) is 0 Å². The molecule has 0 radical (unpaired) electrons. The first kappa shape index (κ1) is 20.4. The van der Waals surface area contributed by atoms with Crippen molar-refractivity contribution in [1.29, 1.82) is 0 Å². The van der Waals surface area contributed by atoms with Crippen molar-refractivity contribution in [3.63, 3.8) is 0 Å². The van der Waals surface area contributed by atoms with Crippen LogP contribution in [0.15, 0.2) is 34.9 Å². The number of likely N-dealkylation sites (tertiary alicyclic amines) is 1. The van der Waals surface area contributed by atoms with Crippen molar-refractivity contribution in [2.24, 2.45) is 11.7 Å². The van der Waals surface area contributed by atoms with Crippen LogP contribution in [0.1, 0.15) is 45.6 Å². The number of furan rings is 1. The Morgan fingerprint density at radius 1 is 1.32 bits per heavy atom. The van der Waals surface area contributed by atoms with Gasteiger partial charge in [0.05, 0.1) is 12.3 Å². The lowest BCUT2D eigenvalue weighted by molar-refractivity contribution is -0.138. The second kappa shape index (κ2) is 8.78. The van der Waals surface area contributed by atoms with Gasteiger partial charge in [-0.2, -0.15) is 0 Å². The second-order valence-corrected chi connectivity index (χ2v) is 8.03. The van der Waals surface area contributed by atoms with Crippen molar-refractivity contribution in [1.82, 2.24) is 10.2 Å². The number of nitrogens with two attached hydrogens (primary N) is 1. The molecule has 1 aliphatic rings. The minimum absolute atomic E-state index is 0.00323. The molecule has 28 heavy (non-hydrogen) atoms. The van der Waals surface area contributed by atoms with E-state index in [0.717, 1.165) is 42.3 Å². The summed E-state index contributed by atoms with van der Waals surface area (Å²) in [6, 6.07) is 6.95. The van der Waals surface area contributed by atoms with Crippen molar-refractivity contribution in [2.75, 3.05) is 6.54 Å². The Kier molecular flexibility index (Phi) is 6.39. The number of benzene rings is 1. The summed E-state index contributed by atoms with van der Waals surface area (Å²) in [4.78, 5) is 27.5. The molecule has 6 nitrogen and oxygen atoms in total. The van der Waals surface area contributed by atoms with Crippen molar-refractivity contribution in [3.8, 4) is 0 Å². The molecule has 152 valence electrons. The summed E-state index contributed by atoms with van der Waals surface area (Å²) in [6.07, 6.45) is 5.03. The third-order valence-corrected chi connectivity index (χ3v) is 5.68. The van der Waals surface area contributed by atoms with E-state index in [4.69, 9.17) is 10.2 Å². The van der Waals surface area contributed by atoms with Gasteiger partial charge < -0.3 is 20.4 Å². The zero-order chi connectivity index (χ0) is 20.3. The average molecular weight is 386 g/mol. The first-order chi connectivity index (χ1) is 13.4. The van der Waals surface area contributed by atoms with Gasteiger partial charge in [-0.1, -0.05) is 39.0 Å². The molecule has 3 atom stereocenters. The number of rotatable bonds is 7. The van der Waals surface area contributed by atoms with E-state index in [9.17, 15) is 9.59 Å². The molecule has 0 spiro atoms. The van der Waals surface area contributed by atoms with Crippen LogP contribution in [0.4, 0.5) is 0 Å². The molecule has 1 aromatic carbocycles. The monoisotopic (exact) mass is 385 g/mol. The third kappa shape index (κ3) is 4.22. The van der Waals surface area contributed by atoms with Crippen LogP contribution in [0, 0.1) is 5.92 Å². The Morgan fingerprint density at radius 3 is 2.79 bits per heavy atom. The first-order valence-corrected chi connectivity index (χ1v) is 10.2. The Morgan fingerprint density at radius 2 is 2.07 bits per heavy atom. The fourth-order valence-electron chi connectivity index (χ4n) is 3.92. The summed E-state index contributed by atoms with van der Waals surface area (Å²) in [5, 5.41) is 3.98. The van der Waals surface area contributed by atoms with E-state index >= 15 is 0 Å². The maximum Gasteiger partial charge on any atom is 0.245 e. The van der Waals surface area contributed by atoms with E-state index in [1.807, 2.05) is 43.9 Å². The van der Waals surface area contributed by atoms with Crippen LogP contribution in [0.3, 0.4) is 0 Å². The van der Waals surface area contributed by atoms with Gasteiger partial charge in [-0.3, -0.25) is 9.59 Å². The predicted octanol–water partition coefficient (Wildman–Crippen LogP) is 2.84. The molecule has 1 aliphatic heterocycles. The lowest BCUT2D eigenvalue weighted by Gasteiger charge is -2.31. The molecule has 1 fully saturated rings. The molecule has 2 heterocycles. The summed E-state index contributed by atoms with van der Waals surface area (Å²) < 4.78 is 5.66. The first-order valence-electron chi connectivity index (χ1n) is 10.2. The van der Waals surface area contributed by atoms with E-state index in [0.29, 0.717) is 6.42 Å². The van der Waals surface area contributed by atoms with Gasteiger partial charge in [0.2, 0.25) is 11.8 Å². The SMILES string of the molecule is CC[C@H](N)C(=O)N[C@H](C(=O)N1CCC[C@H]1Cc1coc2ccccc12)C(C)C. The molecule has 1 aromatic heterocycles. The Bertz CT molecular complexity index is 829. The lowest BCUT2D eigenvalue weighted by atomic mass is 9.99. The topological polar surface area (TPSA) is 88.6 Å². The molecule has 0 aliphatic carbocycles. The highest BCUT2D eigenvalue weighted by Gasteiger charge is 2.36. The van der Waals surface area contributed by atoms with Gasteiger partial charge in [-0.05, 0) is 37.7 Å². The molecule has 2 amide bonds. The van der Waals surface area contributed by atoms with Crippen molar-refractivity contribution in [2.45, 2.75) is 64.6 Å². The zero-order valence-electron chi connectivity index (χ0n) is 17.0.